The Hall–Kier alpha value is -1.97. The van der Waals surface area contributed by atoms with Crippen LogP contribution in [0.25, 0.3) is 0 Å². The van der Waals surface area contributed by atoms with Gasteiger partial charge in [-0.05, 0) is 13.0 Å². The number of hydrogen-bond donors (Lipinski definition) is 6. The molecule has 110 valence electrons. The molecule has 0 saturated heterocycles. The van der Waals surface area contributed by atoms with E-state index in [1.54, 1.807) is 0 Å². The molecule has 2 atom stereocenters. The molecule has 6 N–H and O–H groups in total. The van der Waals surface area contributed by atoms with Crippen LogP contribution >= 0.6 is 0 Å². The van der Waals surface area contributed by atoms with Gasteiger partial charge >= 0.3 is 17.9 Å². The zero-order valence-electron chi connectivity index (χ0n) is 10.1. The third-order valence-electron chi connectivity index (χ3n) is 1.64. The highest BCUT2D eigenvalue weighted by Crippen LogP contribution is 2.00. The first-order valence-corrected chi connectivity index (χ1v) is 4.94. The summed E-state index contributed by atoms with van der Waals surface area (Å²) in [5.74, 6) is -3.79. The van der Waals surface area contributed by atoms with Gasteiger partial charge < -0.3 is 30.6 Å². The summed E-state index contributed by atoms with van der Waals surface area (Å²) in [5.41, 5.74) is -0.0741. The molecule has 0 heterocycles. The van der Waals surface area contributed by atoms with E-state index in [1.807, 2.05) is 0 Å². The highest BCUT2D eigenvalue weighted by Gasteiger charge is 2.13. The maximum absolute atomic E-state index is 10.2. The van der Waals surface area contributed by atoms with E-state index in [0.29, 0.717) is 0 Å². The van der Waals surface area contributed by atoms with E-state index >= 15 is 0 Å². The second-order valence-electron chi connectivity index (χ2n) is 3.36. The normalized spacial score (nSPS) is 13.8. The van der Waals surface area contributed by atoms with Crippen LogP contribution < -0.4 is 0 Å². The maximum atomic E-state index is 10.2. The fourth-order valence-corrected chi connectivity index (χ4v) is 0.676. The number of aliphatic hydroxyl groups is 3. The van der Waals surface area contributed by atoms with Gasteiger partial charge in [-0.2, -0.15) is 0 Å². The van der Waals surface area contributed by atoms with Gasteiger partial charge in [0.2, 0.25) is 0 Å². The fraction of sp³-hybridized carbons (Fsp3) is 0.500. The molecular formula is C10H16O9. The molecule has 9 heteroatoms. The van der Waals surface area contributed by atoms with Crippen LogP contribution in [0.5, 0.6) is 0 Å². The van der Waals surface area contributed by atoms with E-state index in [9.17, 15) is 14.4 Å². The highest BCUT2D eigenvalue weighted by molar-refractivity contribution is 5.88. The number of rotatable bonds is 6. The van der Waals surface area contributed by atoms with E-state index in [1.165, 1.54) is 6.92 Å². The van der Waals surface area contributed by atoms with Gasteiger partial charge in [0.15, 0.2) is 0 Å². The molecule has 0 aliphatic carbocycles. The summed E-state index contributed by atoms with van der Waals surface area (Å²) in [7, 11) is 0. The zero-order valence-corrected chi connectivity index (χ0v) is 10.1. The van der Waals surface area contributed by atoms with Crippen molar-refractivity contribution in [2.75, 3.05) is 6.61 Å². The molecule has 0 aromatic carbocycles. The smallest absolute Gasteiger partial charge is 0.331 e. The lowest BCUT2D eigenvalue weighted by Gasteiger charge is -2.11. The molecule has 0 radical (unpaired) electrons. The monoisotopic (exact) mass is 280 g/mol. The summed E-state index contributed by atoms with van der Waals surface area (Å²) in [5, 5.41) is 49.9. The third kappa shape index (κ3) is 12.3. The topological polar surface area (TPSA) is 173 Å². The first-order valence-electron chi connectivity index (χ1n) is 4.94. The summed E-state index contributed by atoms with van der Waals surface area (Å²) in [6, 6.07) is 0. The van der Waals surface area contributed by atoms with Crippen molar-refractivity contribution < 1.29 is 45.0 Å². The van der Waals surface area contributed by atoms with Gasteiger partial charge in [-0.25, -0.2) is 4.79 Å². The van der Waals surface area contributed by atoms with Gasteiger partial charge in [0, 0.05) is 5.57 Å². The van der Waals surface area contributed by atoms with Crippen molar-refractivity contribution in [2.24, 2.45) is 0 Å². The number of carbonyl (C=O) groups is 3. The molecule has 0 aromatic rings. The van der Waals surface area contributed by atoms with Gasteiger partial charge in [-0.3, -0.25) is 9.59 Å². The molecule has 19 heavy (non-hydrogen) atoms. The summed E-state index contributed by atoms with van der Waals surface area (Å²) in [6.45, 7) is 0.681. The molecule has 0 spiro atoms. The Morgan fingerprint density at radius 3 is 1.68 bits per heavy atom. The van der Waals surface area contributed by atoms with E-state index in [-0.39, 0.29) is 5.57 Å². The molecule has 2 unspecified atom stereocenters. The molecule has 0 saturated carbocycles. The van der Waals surface area contributed by atoms with Crippen LogP contribution in [0.15, 0.2) is 11.6 Å². The van der Waals surface area contributed by atoms with Crippen LogP contribution in [0.3, 0.4) is 0 Å². The van der Waals surface area contributed by atoms with Gasteiger partial charge in [0.1, 0.15) is 18.6 Å². The zero-order chi connectivity index (χ0) is 15.6. The molecule has 0 aliphatic rings. The lowest BCUT2D eigenvalue weighted by Crippen LogP contribution is -2.28. The van der Waals surface area contributed by atoms with Gasteiger partial charge in [0.05, 0.1) is 6.61 Å². The Morgan fingerprint density at radius 1 is 1.05 bits per heavy atom. The lowest BCUT2D eigenvalue weighted by atomic mass is 10.1. The number of carboxylic acids is 3. The molecule has 0 amide bonds. The summed E-state index contributed by atoms with van der Waals surface area (Å²) >= 11 is 0. The minimum atomic E-state index is -1.34. The van der Waals surface area contributed by atoms with Crippen molar-refractivity contribution in [1.29, 1.82) is 0 Å². The Balaban J connectivity index is 0. The van der Waals surface area contributed by atoms with Crippen LogP contribution in [0.4, 0.5) is 0 Å². The standard InChI is InChI=1S/C7H12O5.C3H4O4/c1-4(7(11)12)2-5(9)6(10)3-8;4-2(5)1-3(6)7/h2,5-6,8-10H,3H2,1H3,(H,11,12);1H2,(H,4,5)(H,6,7). The van der Waals surface area contributed by atoms with E-state index in [4.69, 9.17) is 30.6 Å². The highest BCUT2D eigenvalue weighted by atomic mass is 16.4. The van der Waals surface area contributed by atoms with Crippen LogP contribution in [0, 0.1) is 0 Å². The first-order chi connectivity index (χ1) is 8.61. The number of hydrogen-bond acceptors (Lipinski definition) is 6. The van der Waals surface area contributed by atoms with Crippen molar-refractivity contribution in [3.63, 3.8) is 0 Å². The SMILES string of the molecule is CC(=CC(O)C(O)CO)C(=O)O.O=C(O)CC(=O)O. The predicted octanol–water partition coefficient (Wildman–Crippen LogP) is -1.72. The van der Waals surface area contributed by atoms with E-state index in [0.717, 1.165) is 6.08 Å². The first kappa shape index (κ1) is 19.4. The van der Waals surface area contributed by atoms with Crippen molar-refractivity contribution in [2.45, 2.75) is 25.6 Å². The average molecular weight is 280 g/mol. The second kappa shape index (κ2) is 10.00. The van der Waals surface area contributed by atoms with Crippen molar-refractivity contribution in [3.05, 3.63) is 11.6 Å². The average Bonchev–Trinajstić information content (AvgIpc) is 2.26. The Bertz CT molecular complexity index is 335. The summed E-state index contributed by atoms with van der Waals surface area (Å²) < 4.78 is 0. The Kier molecular flexibility index (Phi) is 10.2. The second-order valence-corrected chi connectivity index (χ2v) is 3.36. The molecule has 9 nitrogen and oxygen atoms in total. The lowest BCUT2D eigenvalue weighted by molar-refractivity contribution is -0.147. The van der Waals surface area contributed by atoms with Crippen molar-refractivity contribution in [3.8, 4) is 0 Å². The minimum absolute atomic E-state index is 0.0741. The Morgan fingerprint density at radius 2 is 1.47 bits per heavy atom. The van der Waals surface area contributed by atoms with Crippen LogP contribution in [-0.2, 0) is 14.4 Å². The summed E-state index contributed by atoms with van der Waals surface area (Å²) in [6.07, 6.45) is -2.51. The third-order valence-corrected chi connectivity index (χ3v) is 1.64. The maximum Gasteiger partial charge on any atom is 0.331 e. The summed E-state index contributed by atoms with van der Waals surface area (Å²) in [4.78, 5) is 29.1. The number of carboxylic acid groups (broad SMARTS) is 3. The van der Waals surface area contributed by atoms with Crippen LogP contribution in [0.1, 0.15) is 13.3 Å². The Labute approximate surface area is 108 Å². The number of aliphatic hydroxyl groups excluding tert-OH is 3. The fourth-order valence-electron chi connectivity index (χ4n) is 0.676. The van der Waals surface area contributed by atoms with Gasteiger partial charge in [0.25, 0.3) is 0 Å². The predicted molar refractivity (Wildman–Crippen MR) is 60.4 cm³/mol. The molecule has 0 bridgehead atoms. The van der Waals surface area contributed by atoms with Crippen LogP contribution in [0.2, 0.25) is 0 Å². The molecule has 0 fully saturated rings. The van der Waals surface area contributed by atoms with Crippen molar-refractivity contribution >= 4 is 17.9 Å². The molecule has 0 aromatic heterocycles. The molecule has 0 rings (SSSR count). The number of aliphatic carboxylic acids is 3. The molecular weight excluding hydrogens is 264 g/mol. The molecule has 0 aliphatic heterocycles. The minimum Gasteiger partial charge on any atom is -0.481 e. The largest absolute Gasteiger partial charge is 0.481 e. The van der Waals surface area contributed by atoms with E-state index in [2.05, 4.69) is 0 Å². The van der Waals surface area contributed by atoms with Gasteiger partial charge in [-0.1, -0.05) is 0 Å². The van der Waals surface area contributed by atoms with E-state index < -0.39 is 43.1 Å². The quantitative estimate of drug-likeness (QED) is 0.244. The van der Waals surface area contributed by atoms with Crippen molar-refractivity contribution in [1.82, 2.24) is 0 Å². The van der Waals surface area contributed by atoms with Crippen LogP contribution in [-0.4, -0.2) is 67.4 Å². The van der Waals surface area contributed by atoms with Gasteiger partial charge in [-0.15, -0.1) is 0 Å².